The molecule has 1 aliphatic rings. The summed E-state index contributed by atoms with van der Waals surface area (Å²) in [6.45, 7) is 0.351. The highest BCUT2D eigenvalue weighted by Crippen LogP contribution is 2.21. The molecule has 23 heavy (non-hydrogen) atoms. The number of ketones is 1. The second-order valence-electron chi connectivity index (χ2n) is 5.48. The van der Waals surface area contributed by atoms with Gasteiger partial charge in [-0.05, 0) is 23.3 Å². The Kier molecular flexibility index (Phi) is 4.76. The Morgan fingerprint density at radius 1 is 1.09 bits per heavy atom. The van der Waals surface area contributed by atoms with Crippen molar-refractivity contribution in [1.29, 1.82) is 0 Å². The van der Waals surface area contributed by atoms with Gasteiger partial charge in [-0.25, -0.2) is 4.79 Å². The Hall–Kier alpha value is -2.14. The van der Waals surface area contributed by atoms with Crippen LogP contribution in [-0.4, -0.2) is 29.4 Å². The van der Waals surface area contributed by atoms with Gasteiger partial charge in [0.15, 0.2) is 5.78 Å². The molecule has 0 saturated carbocycles. The molecule has 1 heterocycles. The van der Waals surface area contributed by atoms with Gasteiger partial charge in [-0.3, -0.25) is 9.69 Å². The summed E-state index contributed by atoms with van der Waals surface area (Å²) in [5.41, 5.74) is 1.95. The zero-order valence-electron chi connectivity index (χ0n) is 12.4. The molecule has 2 aromatic carbocycles. The summed E-state index contributed by atoms with van der Waals surface area (Å²) in [6.07, 6.45) is 0.0857. The van der Waals surface area contributed by atoms with Gasteiger partial charge in [0.05, 0.1) is 6.54 Å². The lowest BCUT2D eigenvalue weighted by Crippen LogP contribution is -2.60. The van der Waals surface area contributed by atoms with Crippen LogP contribution in [0.2, 0.25) is 0 Å². The third-order valence-electron chi connectivity index (χ3n) is 3.86. The molecule has 0 N–H and O–H groups in total. The zero-order valence-corrected chi connectivity index (χ0v) is 14.0. The lowest BCUT2D eigenvalue weighted by molar-refractivity contribution is -0.134. The number of nitrogens with zero attached hydrogens (tertiary/aromatic N) is 1. The first-order valence-electron chi connectivity index (χ1n) is 7.38. The fraction of sp³-hybridized carbons (Fsp3) is 0.222. The summed E-state index contributed by atoms with van der Waals surface area (Å²) in [5.74, 6) is 0.0737. The van der Waals surface area contributed by atoms with Crippen molar-refractivity contribution in [2.24, 2.45) is 0 Å². The molecule has 1 saturated heterocycles. The van der Waals surface area contributed by atoms with Crippen molar-refractivity contribution < 1.29 is 14.3 Å². The van der Waals surface area contributed by atoms with Gasteiger partial charge in [-0.2, -0.15) is 0 Å². The van der Waals surface area contributed by atoms with Crippen LogP contribution in [0.3, 0.4) is 0 Å². The number of amides is 1. The molecule has 3 rings (SSSR count). The maximum atomic E-state index is 12.1. The van der Waals surface area contributed by atoms with Gasteiger partial charge in [0, 0.05) is 10.9 Å². The molecule has 1 amide bonds. The van der Waals surface area contributed by atoms with Crippen molar-refractivity contribution in [3.05, 3.63) is 70.2 Å². The maximum Gasteiger partial charge on any atom is 0.411 e. The van der Waals surface area contributed by atoms with Crippen molar-refractivity contribution in [2.75, 3.05) is 6.54 Å². The van der Waals surface area contributed by atoms with E-state index in [1.165, 1.54) is 4.90 Å². The van der Waals surface area contributed by atoms with E-state index in [4.69, 9.17) is 4.74 Å². The number of carbonyl (C=O) groups is 2. The molecule has 0 radical (unpaired) electrons. The molecule has 118 valence electrons. The smallest absolute Gasteiger partial charge is 0.411 e. The highest BCUT2D eigenvalue weighted by Gasteiger charge is 2.41. The van der Waals surface area contributed by atoms with E-state index in [1.54, 1.807) is 0 Å². The molecule has 0 aromatic heterocycles. The summed E-state index contributed by atoms with van der Waals surface area (Å²) in [4.78, 5) is 25.5. The number of benzene rings is 2. The van der Waals surface area contributed by atoms with Crippen LogP contribution in [0.25, 0.3) is 0 Å². The standard InChI is InChI=1S/C18H16BrNO3/c19-15-8-6-13(7-9-15)10-16-17(21)11-20(16)18(22)23-12-14-4-2-1-3-5-14/h1-9,16H,10-12H2/t16-/m0/s1. The number of Topliss-reactive ketones (excluding diaryl/α,β-unsaturated/α-hetero) is 1. The van der Waals surface area contributed by atoms with Crippen LogP contribution in [0.1, 0.15) is 11.1 Å². The first-order valence-corrected chi connectivity index (χ1v) is 8.17. The van der Waals surface area contributed by atoms with Crippen molar-refractivity contribution in [3.8, 4) is 0 Å². The monoisotopic (exact) mass is 373 g/mol. The number of halogens is 1. The van der Waals surface area contributed by atoms with Gasteiger partial charge in [-0.1, -0.05) is 58.4 Å². The highest BCUT2D eigenvalue weighted by atomic mass is 79.9. The Balaban J connectivity index is 1.57. The Labute approximate surface area is 143 Å². The molecular formula is C18H16BrNO3. The molecule has 4 nitrogen and oxygen atoms in total. The molecule has 1 fully saturated rings. The van der Waals surface area contributed by atoms with Gasteiger partial charge in [0.1, 0.15) is 12.6 Å². The van der Waals surface area contributed by atoms with Gasteiger partial charge in [0.2, 0.25) is 0 Å². The van der Waals surface area contributed by atoms with E-state index in [0.29, 0.717) is 6.42 Å². The fourth-order valence-corrected chi connectivity index (χ4v) is 2.77. The van der Waals surface area contributed by atoms with E-state index in [0.717, 1.165) is 15.6 Å². The minimum Gasteiger partial charge on any atom is -0.445 e. The van der Waals surface area contributed by atoms with E-state index in [1.807, 2.05) is 54.6 Å². The number of ether oxygens (including phenoxy) is 1. The van der Waals surface area contributed by atoms with Crippen molar-refractivity contribution >= 4 is 27.8 Å². The molecule has 0 bridgehead atoms. The van der Waals surface area contributed by atoms with Crippen LogP contribution >= 0.6 is 15.9 Å². The molecule has 2 aromatic rings. The predicted octanol–water partition coefficient (Wildman–Crippen LogP) is 3.58. The summed E-state index contributed by atoms with van der Waals surface area (Å²) in [6, 6.07) is 16.8. The molecule has 0 spiro atoms. The second kappa shape index (κ2) is 6.96. The second-order valence-corrected chi connectivity index (χ2v) is 6.40. The van der Waals surface area contributed by atoms with Gasteiger partial charge >= 0.3 is 6.09 Å². The van der Waals surface area contributed by atoms with Crippen LogP contribution < -0.4 is 0 Å². The predicted molar refractivity (Wildman–Crippen MR) is 90.0 cm³/mol. The molecule has 0 unspecified atom stereocenters. The minimum atomic E-state index is -0.435. The number of carbonyl (C=O) groups excluding carboxylic acids is 2. The third kappa shape index (κ3) is 3.79. The minimum absolute atomic E-state index is 0.0737. The van der Waals surface area contributed by atoms with Crippen molar-refractivity contribution in [3.63, 3.8) is 0 Å². The molecular weight excluding hydrogens is 358 g/mol. The van der Waals surface area contributed by atoms with Crippen molar-refractivity contribution in [2.45, 2.75) is 19.1 Å². The largest absolute Gasteiger partial charge is 0.445 e. The van der Waals surface area contributed by atoms with Gasteiger partial charge in [-0.15, -0.1) is 0 Å². The first kappa shape index (κ1) is 15.7. The van der Waals surface area contributed by atoms with Crippen LogP contribution in [0, 0.1) is 0 Å². The number of rotatable bonds is 4. The molecule has 0 aliphatic carbocycles. The SMILES string of the molecule is O=C1CN(C(=O)OCc2ccccc2)[C@H]1Cc1ccc(Br)cc1. The van der Waals surface area contributed by atoms with E-state index in [2.05, 4.69) is 15.9 Å². The fourth-order valence-electron chi connectivity index (χ4n) is 2.51. The summed E-state index contributed by atoms with van der Waals surface area (Å²) >= 11 is 3.38. The Morgan fingerprint density at radius 3 is 2.43 bits per heavy atom. The Bertz CT molecular complexity index is 700. The first-order chi connectivity index (χ1) is 11.1. The number of hydrogen-bond acceptors (Lipinski definition) is 3. The average molecular weight is 374 g/mol. The quantitative estimate of drug-likeness (QED) is 0.822. The molecule has 1 aliphatic heterocycles. The summed E-state index contributed by atoms with van der Waals surface area (Å²) in [5, 5.41) is 0. The van der Waals surface area contributed by atoms with Crippen molar-refractivity contribution in [1.82, 2.24) is 4.90 Å². The third-order valence-corrected chi connectivity index (χ3v) is 4.38. The van der Waals surface area contributed by atoms with E-state index in [-0.39, 0.29) is 18.9 Å². The van der Waals surface area contributed by atoms with Gasteiger partial charge < -0.3 is 4.74 Å². The summed E-state index contributed by atoms with van der Waals surface area (Å²) < 4.78 is 6.28. The molecule has 1 atom stereocenters. The normalized spacial score (nSPS) is 16.8. The van der Waals surface area contributed by atoms with Crippen LogP contribution in [0.5, 0.6) is 0 Å². The van der Waals surface area contributed by atoms with Crippen LogP contribution in [0.15, 0.2) is 59.1 Å². The van der Waals surface area contributed by atoms with Crippen LogP contribution in [0.4, 0.5) is 4.79 Å². The maximum absolute atomic E-state index is 12.1. The van der Waals surface area contributed by atoms with E-state index >= 15 is 0 Å². The van der Waals surface area contributed by atoms with Crippen LogP contribution in [-0.2, 0) is 22.6 Å². The lowest BCUT2D eigenvalue weighted by Gasteiger charge is -2.38. The zero-order chi connectivity index (χ0) is 16.2. The average Bonchev–Trinajstić information content (AvgIpc) is 2.58. The molecule has 5 heteroatoms. The number of likely N-dealkylation sites (tertiary alicyclic amines) is 1. The highest BCUT2D eigenvalue weighted by molar-refractivity contribution is 9.10. The number of hydrogen-bond donors (Lipinski definition) is 0. The lowest BCUT2D eigenvalue weighted by atomic mass is 9.94. The van der Waals surface area contributed by atoms with E-state index < -0.39 is 12.1 Å². The van der Waals surface area contributed by atoms with E-state index in [9.17, 15) is 9.59 Å². The topological polar surface area (TPSA) is 46.6 Å². The van der Waals surface area contributed by atoms with Gasteiger partial charge in [0.25, 0.3) is 0 Å². The summed E-state index contributed by atoms with van der Waals surface area (Å²) in [7, 11) is 0. The Morgan fingerprint density at radius 2 is 1.78 bits per heavy atom.